The molecule has 0 aromatic carbocycles. The summed E-state index contributed by atoms with van der Waals surface area (Å²) in [6, 6.07) is 2.43. The minimum absolute atomic E-state index is 0.104. The summed E-state index contributed by atoms with van der Waals surface area (Å²) in [5.74, 6) is 0. The zero-order valence-corrected chi connectivity index (χ0v) is 13.4. The molecule has 0 radical (unpaired) electrons. The Kier molecular flexibility index (Phi) is 6.01. The fourth-order valence-corrected chi connectivity index (χ4v) is 3.07. The second kappa shape index (κ2) is 7.06. The summed E-state index contributed by atoms with van der Waals surface area (Å²) in [6.07, 6.45) is 3.00. The van der Waals surface area contributed by atoms with Crippen LogP contribution in [0.25, 0.3) is 0 Å². The highest BCUT2D eigenvalue weighted by Crippen LogP contribution is 2.33. The predicted octanol–water partition coefficient (Wildman–Crippen LogP) is 2.58. The first-order chi connectivity index (χ1) is 9.04. The summed E-state index contributed by atoms with van der Waals surface area (Å²) in [7, 11) is 2.03. The Balaban J connectivity index is 3.17. The second-order valence-electron chi connectivity index (χ2n) is 5.25. The molecule has 19 heavy (non-hydrogen) atoms. The van der Waals surface area contributed by atoms with Gasteiger partial charge in [0.15, 0.2) is 0 Å². The lowest BCUT2D eigenvalue weighted by Gasteiger charge is -2.46. The van der Waals surface area contributed by atoms with Crippen molar-refractivity contribution in [3.8, 4) is 0 Å². The van der Waals surface area contributed by atoms with Crippen LogP contribution in [-0.4, -0.2) is 39.9 Å². The van der Waals surface area contributed by atoms with Crippen molar-refractivity contribution in [2.45, 2.75) is 52.6 Å². The summed E-state index contributed by atoms with van der Waals surface area (Å²) < 4.78 is 1.99. The molecule has 1 aromatic rings. The highest BCUT2D eigenvalue weighted by atomic mass is 15.3. The molecule has 2 atom stereocenters. The number of aryl methyl sites for hydroxylation is 1. The Morgan fingerprint density at radius 3 is 2.32 bits per heavy atom. The standard InChI is InChI=1S/C15H30N4/c1-7-15(5,19(9-3)10-4)14(16-8-2)13-11-12-17-18(13)6/h11-12,14,16H,7-10H2,1-6H3. The van der Waals surface area contributed by atoms with Crippen molar-refractivity contribution in [2.24, 2.45) is 7.05 Å². The first-order valence-corrected chi connectivity index (χ1v) is 7.51. The van der Waals surface area contributed by atoms with Crippen molar-refractivity contribution in [2.75, 3.05) is 19.6 Å². The van der Waals surface area contributed by atoms with Crippen LogP contribution in [-0.2, 0) is 7.05 Å². The summed E-state index contributed by atoms with van der Waals surface area (Å²) >= 11 is 0. The van der Waals surface area contributed by atoms with E-state index in [0.29, 0.717) is 6.04 Å². The molecule has 0 aliphatic heterocycles. The predicted molar refractivity (Wildman–Crippen MR) is 81.2 cm³/mol. The van der Waals surface area contributed by atoms with Crippen molar-refractivity contribution < 1.29 is 0 Å². The lowest BCUT2D eigenvalue weighted by molar-refractivity contribution is 0.0674. The van der Waals surface area contributed by atoms with Gasteiger partial charge in [0.2, 0.25) is 0 Å². The van der Waals surface area contributed by atoms with Crippen molar-refractivity contribution in [3.05, 3.63) is 18.0 Å². The number of aromatic nitrogens is 2. The minimum Gasteiger partial charge on any atom is -0.307 e. The van der Waals surface area contributed by atoms with Crippen molar-refractivity contribution >= 4 is 0 Å². The van der Waals surface area contributed by atoms with E-state index in [9.17, 15) is 0 Å². The normalized spacial score (nSPS) is 16.6. The van der Waals surface area contributed by atoms with Crippen LogP contribution in [0.4, 0.5) is 0 Å². The molecule has 0 aliphatic rings. The third-order valence-electron chi connectivity index (χ3n) is 4.39. The lowest BCUT2D eigenvalue weighted by Crippen LogP contribution is -2.54. The number of rotatable bonds is 8. The van der Waals surface area contributed by atoms with E-state index >= 15 is 0 Å². The van der Waals surface area contributed by atoms with E-state index in [-0.39, 0.29) is 5.54 Å². The maximum Gasteiger partial charge on any atom is 0.0675 e. The van der Waals surface area contributed by atoms with Gasteiger partial charge in [0.25, 0.3) is 0 Å². The molecule has 0 spiro atoms. The van der Waals surface area contributed by atoms with Crippen LogP contribution in [0.15, 0.2) is 12.3 Å². The fourth-order valence-electron chi connectivity index (χ4n) is 3.07. The Bertz CT molecular complexity index is 370. The van der Waals surface area contributed by atoms with Crippen molar-refractivity contribution in [3.63, 3.8) is 0 Å². The van der Waals surface area contributed by atoms with E-state index < -0.39 is 0 Å². The zero-order chi connectivity index (χ0) is 14.5. The monoisotopic (exact) mass is 266 g/mol. The topological polar surface area (TPSA) is 33.1 Å². The van der Waals surface area contributed by atoms with Gasteiger partial charge >= 0.3 is 0 Å². The van der Waals surface area contributed by atoms with Gasteiger partial charge in [-0.05, 0) is 39.0 Å². The number of hydrogen-bond donors (Lipinski definition) is 1. The molecule has 0 bridgehead atoms. The van der Waals surface area contributed by atoms with Gasteiger partial charge in [0, 0.05) is 18.8 Å². The molecule has 0 fully saturated rings. The van der Waals surface area contributed by atoms with Crippen LogP contribution < -0.4 is 5.32 Å². The Labute approximate surface area is 118 Å². The average Bonchev–Trinajstić information content (AvgIpc) is 2.83. The van der Waals surface area contributed by atoms with E-state index in [4.69, 9.17) is 0 Å². The molecule has 1 rings (SSSR count). The lowest BCUT2D eigenvalue weighted by atomic mass is 9.85. The SMILES string of the molecule is CCNC(c1ccnn1C)C(C)(CC)N(CC)CC. The van der Waals surface area contributed by atoms with Crippen LogP contribution in [0.5, 0.6) is 0 Å². The van der Waals surface area contributed by atoms with Gasteiger partial charge in [-0.1, -0.05) is 27.7 Å². The van der Waals surface area contributed by atoms with E-state index in [1.807, 2.05) is 17.9 Å². The molecule has 4 nitrogen and oxygen atoms in total. The third kappa shape index (κ3) is 3.18. The van der Waals surface area contributed by atoms with Gasteiger partial charge in [-0.25, -0.2) is 0 Å². The van der Waals surface area contributed by atoms with E-state index in [1.54, 1.807) is 0 Å². The minimum atomic E-state index is 0.104. The third-order valence-corrected chi connectivity index (χ3v) is 4.39. The number of nitrogens with zero attached hydrogens (tertiary/aromatic N) is 3. The summed E-state index contributed by atoms with van der Waals surface area (Å²) in [6.45, 7) is 14.4. The van der Waals surface area contributed by atoms with Gasteiger partial charge in [0.05, 0.1) is 11.7 Å². The van der Waals surface area contributed by atoms with Crippen LogP contribution in [0, 0.1) is 0 Å². The second-order valence-corrected chi connectivity index (χ2v) is 5.25. The van der Waals surface area contributed by atoms with Crippen LogP contribution in [0.1, 0.15) is 52.8 Å². The number of hydrogen-bond acceptors (Lipinski definition) is 3. The maximum atomic E-state index is 4.34. The molecule has 0 amide bonds. The first-order valence-electron chi connectivity index (χ1n) is 7.51. The van der Waals surface area contributed by atoms with E-state index in [2.05, 4.69) is 56.0 Å². The molecule has 0 saturated carbocycles. The quantitative estimate of drug-likeness (QED) is 0.785. The van der Waals surface area contributed by atoms with Crippen LogP contribution >= 0.6 is 0 Å². The number of likely N-dealkylation sites (N-methyl/N-ethyl adjacent to an activating group) is 2. The molecule has 2 unspecified atom stereocenters. The maximum absolute atomic E-state index is 4.34. The molecule has 1 N–H and O–H groups in total. The average molecular weight is 266 g/mol. The Morgan fingerprint density at radius 2 is 1.95 bits per heavy atom. The number of nitrogens with one attached hydrogen (secondary N) is 1. The van der Waals surface area contributed by atoms with Crippen molar-refractivity contribution in [1.29, 1.82) is 0 Å². The molecular formula is C15H30N4. The largest absolute Gasteiger partial charge is 0.307 e. The van der Waals surface area contributed by atoms with Crippen LogP contribution in [0.3, 0.4) is 0 Å². The zero-order valence-electron chi connectivity index (χ0n) is 13.4. The van der Waals surface area contributed by atoms with Gasteiger partial charge in [-0.15, -0.1) is 0 Å². The molecular weight excluding hydrogens is 236 g/mol. The fraction of sp³-hybridized carbons (Fsp3) is 0.800. The molecule has 1 heterocycles. The highest BCUT2D eigenvalue weighted by Gasteiger charge is 2.38. The Morgan fingerprint density at radius 1 is 1.32 bits per heavy atom. The molecule has 0 aliphatic carbocycles. The van der Waals surface area contributed by atoms with Gasteiger partial charge in [0.1, 0.15) is 0 Å². The van der Waals surface area contributed by atoms with Gasteiger partial charge in [-0.2, -0.15) is 5.10 Å². The van der Waals surface area contributed by atoms with E-state index in [0.717, 1.165) is 26.1 Å². The molecule has 0 saturated heterocycles. The molecule has 4 heteroatoms. The first kappa shape index (κ1) is 16.2. The van der Waals surface area contributed by atoms with Crippen molar-refractivity contribution in [1.82, 2.24) is 20.0 Å². The smallest absolute Gasteiger partial charge is 0.0675 e. The van der Waals surface area contributed by atoms with Gasteiger partial charge in [-0.3, -0.25) is 9.58 Å². The summed E-state index contributed by atoms with van der Waals surface area (Å²) in [5, 5.41) is 8.00. The summed E-state index contributed by atoms with van der Waals surface area (Å²) in [5.41, 5.74) is 1.37. The van der Waals surface area contributed by atoms with Gasteiger partial charge < -0.3 is 5.32 Å². The van der Waals surface area contributed by atoms with E-state index in [1.165, 1.54) is 5.69 Å². The highest BCUT2D eigenvalue weighted by molar-refractivity contribution is 5.14. The Hall–Kier alpha value is -0.870. The molecule has 110 valence electrons. The van der Waals surface area contributed by atoms with Crippen LogP contribution in [0.2, 0.25) is 0 Å². The summed E-state index contributed by atoms with van der Waals surface area (Å²) in [4.78, 5) is 2.55. The molecule has 1 aromatic heterocycles.